The molecule has 0 aromatic rings. The SMILES string of the molecule is CC[C@H]1OC(=O)[C@H](C)[C@@H](O)[C@H](C)[C@H]2O[C@](C)(C[C@@]2(C)O)C(=O)[C@H](C)[C@@H](O)[C@H]1C. The van der Waals surface area contributed by atoms with E-state index in [1.807, 2.05) is 6.92 Å². The predicted octanol–water partition coefficient (Wildman–Crippen LogP) is 1.46. The van der Waals surface area contributed by atoms with Gasteiger partial charge >= 0.3 is 5.97 Å². The zero-order valence-corrected chi connectivity index (χ0v) is 18.0. The van der Waals surface area contributed by atoms with Crippen LogP contribution in [0.3, 0.4) is 0 Å². The monoisotopic (exact) mass is 400 g/mol. The lowest BCUT2D eigenvalue weighted by Gasteiger charge is -2.34. The van der Waals surface area contributed by atoms with E-state index in [0.717, 1.165) is 0 Å². The predicted molar refractivity (Wildman–Crippen MR) is 102 cm³/mol. The van der Waals surface area contributed by atoms with Crippen molar-refractivity contribution in [1.82, 2.24) is 0 Å². The first-order valence-electron chi connectivity index (χ1n) is 10.3. The molecule has 2 aliphatic rings. The van der Waals surface area contributed by atoms with Crippen LogP contribution in [-0.4, -0.2) is 62.7 Å². The van der Waals surface area contributed by atoms with Gasteiger partial charge in [-0.3, -0.25) is 9.59 Å². The van der Waals surface area contributed by atoms with Crippen LogP contribution in [-0.2, 0) is 19.1 Å². The van der Waals surface area contributed by atoms with Crippen molar-refractivity contribution < 1.29 is 34.4 Å². The van der Waals surface area contributed by atoms with Crippen molar-refractivity contribution in [3.63, 3.8) is 0 Å². The topological polar surface area (TPSA) is 113 Å². The van der Waals surface area contributed by atoms with Gasteiger partial charge < -0.3 is 24.8 Å². The van der Waals surface area contributed by atoms with Gasteiger partial charge in [0.1, 0.15) is 11.7 Å². The van der Waals surface area contributed by atoms with Crippen LogP contribution < -0.4 is 0 Å². The molecule has 0 amide bonds. The highest BCUT2D eigenvalue weighted by molar-refractivity contribution is 5.90. The van der Waals surface area contributed by atoms with Crippen LogP contribution in [0, 0.1) is 23.7 Å². The maximum Gasteiger partial charge on any atom is 0.311 e. The number of fused-ring (bicyclic) bond motifs is 2. The lowest BCUT2D eigenvalue weighted by Crippen LogP contribution is -2.47. The average Bonchev–Trinajstić information content (AvgIpc) is 2.90. The summed E-state index contributed by atoms with van der Waals surface area (Å²) in [7, 11) is 0. The van der Waals surface area contributed by atoms with Crippen LogP contribution >= 0.6 is 0 Å². The number of esters is 1. The number of hydrogen-bond donors (Lipinski definition) is 3. The van der Waals surface area contributed by atoms with Crippen LogP contribution in [0.5, 0.6) is 0 Å². The van der Waals surface area contributed by atoms with E-state index in [4.69, 9.17) is 9.47 Å². The van der Waals surface area contributed by atoms with Crippen LogP contribution in [0.15, 0.2) is 0 Å². The molecule has 0 radical (unpaired) electrons. The summed E-state index contributed by atoms with van der Waals surface area (Å²) in [6, 6.07) is 0. The summed E-state index contributed by atoms with van der Waals surface area (Å²) < 4.78 is 11.6. The molecule has 2 heterocycles. The van der Waals surface area contributed by atoms with Crippen molar-refractivity contribution in [2.75, 3.05) is 0 Å². The van der Waals surface area contributed by atoms with Gasteiger partial charge in [0.25, 0.3) is 0 Å². The number of hydrogen-bond acceptors (Lipinski definition) is 7. The molecule has 0 aromatic carbocycles. The minimum atomic E-state index is -1.36. The number of ether oxygens (including phenoxy) is 2. The summed E-state index contributed by atoms with van der Waals surface area (Å²) in [4.78, 5) is 25.9. The lowest BCUT2D eigenvalue weighted by atomic mass is 9.76. The van der Waals surface area contributed by atoms with Crippen LogP contribution in [0.4, 0.5) is 0 Å². The fourth-order valence-electron chi connectivity index (χ4n) is 4.96. The van der Waals surface area contributed by atoms with Crippen molar-refractivity contribution in [1.29, 1.82) is 0 Å². The number of rotatable bonds is 1. The number of carbonyl (C=O) groups excluding carboxylic acids is 2. The average molecular weight is 401 g/mol. The molecule has 2 bridgehead atoms. The molecule has 2 rings (SSSR count). The maximum atomic E-state index is 13.2. The van der Waals surface area contributed by atoms with Gasteiger partial charge in [0.2, 0.25) is 0 Å². The van der Waals surface area contributed by atoms with Crippen molar-refractivity contribution in [3.05, 3.63) is 0 Å². The molecule has 10 atom stereocenters. The Balaban J connectivity index is 2.51. The quantitative estimate of drug-likeness (QED) is 0.571. The Morgan fingerprint density at radius 1 is 1.00 bits per heavy atom. The molecule has 3 N–H and O–H groups in total. The zero-order valence-electron chi connectivity index (χ0n) is 18.0. The molecule has 0 spiro atoms. The molecule has 28 heavy (non-hydrogen) atoms. The molecule has 162 valence electrons. The van der Waals surface area contributed by atoms with E-state index in [2.05, 4.69) is 0 Å². The number of ketones is 1. The molecule has 2 saturated heterocycles. The molecular weight excluding hydrogens is 364 g/mol. The van der Waals surface area contributed by atoms with E-state index in [1.165, 1.54) is 0 Å². The van der Waals surface area contributed by atoms with Gasteiger partial charge in [-0.15, -0.1) is 0 Å². The fourth-order valence-corrected chi connectivity index (χ4v) is 4.96. The van der Waals surface area contributed by atoms with Crippen molar-refractivity contribution in [2.24, 2.45) is 23.7 Å². The van der Waals surface area contributed by atoms with E-state index in [9.17, 15) is 24.9 Å². The molecule has 0 unspecified atom stereocenters. The third kappa shape index (κ3) is 3.99. The van der Waals surface area contributed by atoms with Gasteiger partial charge in [-0.05, 0) is 27.2 Å². The minimum Gasteiger partial charge on any atom is -0.462 e. The Kier molecular flexibility index (Phi) is 6.66. The first kappa shape index (κ1) is 23.3. The Labute approximate surface area is 167 Å². The van der Waals surface area contributed by atoms with Gasteiger partial charge in [0.15, 0.2) is 5.78 Å². The van der Waals surface area contributed by atoms with Gasteiger partial charge in [0.05, 0.1) is 29.8 Å². The highest BCUT2D eigenvalue weighted by Gasteiger charge is 2.58. The number of Topliss-reactive ketones (excluding diaryl/α,β-unsaturated/α-hetero) is 1. The third-order valence-electron chi connectivity index (χ3n) is 6.84. The number of aliphatic hydroxyl groups is 3. The number of carbonyl (C=O) groups is 2. The second-order valence-electron chi connectivity index (χ2n) is 9.33. The van der Waals surface area contributed by atoms with E-state index in [1.54, 1.807) is 41.5 Å². The highest BCUT2D eigenvalue weighted by Crippen LogP contribution is 2.45. The Morgan fingerprint density at radius 3 is 2.07 bits per heavy atom. The van der Waals surface area contributed by atoms with Gasteiger partial charge in [0, 0.05) is 24.2 Å². The Hall–Kier alpha value is -1.02. The lowest BCUT2D eigenvalue weighted by molar-refractivity contribution is -0.167. The van der Waals surface area contributed by atoms with Crippen LogP contribution in [0.25, 0.3) is 0 Å². The molecule has 0 aromatic heterocycles. The van der Waals surface area contributed by atoms with E-state index in [-0.39, 0.29) is 12.2 Å². The van der Waals surface area contributed by atoms with Crippen molar-refractivity contribution in [2.45, 2.75) is 96.9 Å². The largest absolute Gasteiger partial charge is 0.462 e. The molecule has 2 aliphatic heterocycles. The first-order valence-corrected chi connectivity index (χ1v) is 10.3. The molecule has 0 aliphatic carbocycles. The van der Waals surface area contributed by atoms with Gasteiger partial charge in [-0.1, -0.05) is 27.7 Å². The smallest absolute Gasteiger partial charge is 0.311 e. The number of cyclic esters (lactones) is 1. The Bertz CT molecular complexity index is 604. The normalized spacial score (nSPS) is 51.1. The minimum absolute atomic E-state index is 0.0576. The van der Waals surface area contributed by atoms with Crippen molar-refractivity contribution in [3.8, 4) is 0 Å². The van der Waals surface area contributed by atoms with E-state index in [0.29, 0.717) is 6.42 Å². The second kappa shape index (κ2) is 8.01. The standard InChI is InChI=1S/C21H36O7/c1-8-14-10(2)15(22)11(3)17(24)21(7)9-20(6,26)18(28-21)12(4)16(23)13(5)19(25)27-14/h10-16,18,22-23,26H,8-9H2,1-7H3/t10-,11+,12-,13+,14+,15-,16-,18+,20+,21+/m0/s1. The molecule has 0 saturated carbocycles. The van der Waals surface area contributed by atoms with E-state index < -0.39 is 65.3 Å². The summed E-state index contributed by atoms with van der Waals surface area (Å²) in [5.41, 5.74) is -2.65. The van der Waals surface area contributed by atoms with Gasteiger partial charge in [-0.25, -0.2) is 0 Å². The third-order valence-corrected chi connectivity index (χ3v) is 6.84. The maximum absolute atomic E-state index is 13.2. The number of aliphatic hydroxyl groups excluding tert-OH is 2. The summed E-state index contributed by atoms with van der Waals surface area (Å²) >= 11 is 0. The summed E-state index contributed by atoms with van der Waals surface area (Å²) in [5.74, 6) is -3.55. The summed E-state index contributed by atoms with van der Waals surface area (Å²) in [5, 5.41) is 32.5. The molecule has 7 heteroatoms. The highest BCUT2D eigenvalue weighted by atomic mass is 16.6. The molecule has 2 fully saturated rings. The summed E-state index contributed by atoms with van der Waals surface area (Å²) in [6.45, 7) is 11.7. The fraction of sp³-hybridized carbons (Fsp3) is 0.905. The van der Waals surface area contributed by atoms with Crippen molar-refractivity contribution >= 4 is 11.8 Å². The molecule has 7 nitrogen and oxygen atoms in total. The van der Waals surface area contributed by atoms with Gasteiger partial charge in [-0.2, -0.15) is 0 Å². The van der Waals surface area contributed by atoms with Crippen LogP contribution in [0.2, 0.25) is 0 Å². The molecular formula is C21H36O7. The zero-order chi connectivity index (χ0) is 21.6. The Morgan fingerprint density at radius 2 is 1.54 bits per heavy atom. The first-order chi connectivity index (χ1) is 12.8. The van der Waals surface area contributed by atoms with E-state index >= 15 is 0 Å². The second-order valence-corrected chi connectivity index (χ2v) is 9.33. The van der Waals surface area contributed by atoms with Crippen LogP contribution in [0.1, 0.15) is 61.3 Å². The summed E-state index contributed by atoms with van der Waals surface area (Å²) in [6.07, 6.45) is -3.02.